The van der Waals surface area contributed by atoms with Gasteiger partial charge in [0, 0.05) is 35.9 Å². The van der Waals surface area contributed by atoms with Crippen molar-refractivity contribution >= 4 is 34.1 Å². The molecule has 6 nitrogen and oxygen atoms in total. The molecule has 2 heterocycles. The van der Waals surface area contributed by atoms with Gasteiger partial charge in [0.1, 0.15) is 5.75 Å². The smallest absolute Gasteiger partial charge is 0.330 e. The number of phenols is 1. The second kappa shape index (κ2) is 6.58. The third kappa shape index (κ3) is 2.65. The molecule has 28 heavy (non-hydrogen) atoms. The van der Waals surface area contributed by atoms with Crippen LogP contribution in [0.5, 0.6) is 5.75 Å². The van der Waals surface area contributed by atoms with Crippen LogP contribution in [-0.4, -0.2) is 18.8 Å². The first-order valence-electron chi connectivity index (χ1n) is 8.36. The summed E-state index contributed by atoms with van der Waals surface area (Å²) in [6, 6.07) is 11.7. The van der Waals surface area contributed by atoms with Gasteiger partial charge in [0.15, 0.2) is 0 Å². The maximum absolute atomic E-state index is 13.0. The van der Waals surface area contributed by atoms with Crippen molar-refractivity contribution in [2.45, 2.75) is 0 Å². The zero-order valence-electron chi connectivity index (χ0n) is 15.0. The highest BCUT2D eigenvalue weighted by Crippen LogP contribution is 2.37. The van der Waals surface area contributed by atoms with Crippen molar-refractivity contribution in [2.75, 3.05) is 0 Å². The number of aryl methyl sites for hydroxylation is 1. The molecule has 0 fully saturated rings. The van der Waals surface area contributed by atoms with E-state index in [-0.39, 0.29) is 5.75 Å². The Morgan fingerprint density at radius 2 is 1.68 bits per heavy atom. The fourth-order valence-electron chi connectivity index (χ4n) is 3.34. The van der Waals surface area contributed by atoms with Crippen LogP contribution >= 0.6 is 23.2 Å². The van der Waals surface area contributed by atoms with Crippen molar-refractivity contribution in [2.24, 2.45) is 14.1 Å². The van der Waals surface area contributed by atoms with Gasteiger partial charge in [-0.2, -0.15) is 0 Å². The van der Waals surface area contributed by atoms with E-state index in [0.717, 1.165) is 4.57 Å². The molecule has 2 aromatic heterocycles. The Morgan fingerprint density at radius 1 is 0.964 bits per heavy atom. The summed E-state index contributed by atoms with van der Waals surface area (Å²) in [5.74, 6) is -0.0279. The zero-order valence-corrected chi connectivity index (χ0v) is 16.5. The third-order valence-electron chi connectivity index (χ3n) is 4.76. The summed E-state index contributed by atoms with van der Waals surface area (Å²) < 4.78 is 4.06. The average Bonchev–Trinajstić information content (AvgIpc) is 3.07. The van der Waals surface area contributed by atoms with E-state index in [1.165, 1.54) is 17.7 Å². The normalized spacial score (nSPS) is 11.3. The molecule has 0 saturated carbocycles. The molecule has 0 spiro atoms. The summed E-state index contributed by atoms with van der Waals surface area (Å²) in [6.45, 7) is 0. The van der Waals surface area contributed by atoms with Crippen LogP contribution in [0.2, 0.25) is 10.0 Å². The summed E-state index contributed by atoms with van der Waals surface area (Å²) in [6.07, 6.45) is 1.63. The topological polar surface area (TPSA) is 69.2 Å². The molecule has 0 bridgehead atoms. The predicted octanol–water partition coefficient (Wildman–Crippen LogP) is 3.71. The van der Waals surface area contributed by atoms with E-state index in [1.807, 2.05) is 0 Å². The largest absolute Gasteiger partial charge is 0.506 e. The molecule has 1 N–H and O–H groups in total. The van der Waals surface area contributed by atoms with Crippen LogP contribution in [0.15, 0.2) is 58.3 Å². The van der Waals surface area contributed by atoms with Crippen molar-refractivity contribution in [3.05, 3.63) is 79.5 Å². The number of benzene rings is 2. The first-order chi connectivity index (χ1) is 13.3. The van der Waals surface area contributed by atoms with Crippen molar-refractivity contribution in [1.82, 2.24) is 13.7 Å². The molecule has 0 saturated heterocycles. The van der Waals surface area contributed by atoms with Crippen LogP contribution < -0.4 is 11.2 Å². The van der Waals surface area contributed by atoms with Gasteiger partial charge in [0.05, 0.1) is 22.3 Å². The van der Waals surface area contributed by atoms with Gasteiger partial charge in [-0.25, -0.2) is 4.79 Å². The number of rotatable bonds is 2. The first kappa shape index (κ1) is 18.4. The molecule has 4 aromatic rings. The summed E-state index contributed by atoms with van der Waals surface area (Å²) in [7, 11) is 3.01. The van der Waals surface area contributed by atoms with Crippen molar-refractivity contribution in [3.8, 4) is 22.7 Å². The minimum Gasteiger partial charge on any atom is -0.506 e. The van der Waals surface area contributed by atoms with Crippen molar-refractivity contribution in [1.29, 1.82) is 0 Å². The molecule has 4 rings (SSSR count). The van der Waals surface area contributed by atoms with Crippen LogP contribution in [-0.2, 0) is 14.1 Å². The molecule has 0 aliphatic heterocycles. The lowest BCUT2D eigenvalue weighted by molar-refractivity contribution is 0.472. The fourth-order valence-corrected chi connectivity index (χ4v) is 3.73. The lowest BCUT2D eigenvalue weighted by atomic mass is 10.1. The van der Waals surface area contributed by atoms with Gasteiger partial charge >= 0.3 is 5.69 Å². The molecule has 0 radical (unpaired) electrons. The lowest BCUT2D eigenvalue weighted by Gasteiger charge is -2.13. The van der Waals surface area contributed by atoms with Crippen molar-refractivity contribution in [3.63, 3.8) is 0 Å². The first-order valence-corrected chi connectivity index (χ1v) is 9.11. The van der Waals surface area contributed by atoms with Crippen molar-refractivity contribution < 1.29 is 5.11 Å². The molecule has 0 aliphatic rings. The highest BCUT2D eigenvalue weighted by atomic mass is 35.5. The molecule has 8 heteroatoms. The second-order valence-corrected chi connectivity index (χ2v) is 7.27. The Labute approximate surface area is 169 Å². The number of nitrogens with zero attached hydrogens (tertiary/aromatic N) is 3. The fraction of sp³-hybridized carbons (Fsp3) is 0.100. The number of aromatic hydroxyl groups is 1. The predicted molar refractivity (Wildman–Crippen MR) is 111 cm³/mol. The molecule has 0 aliphatic carbocycles. The number of aromatic nitrogens is 3. The number of halogens is 2. The van der Waals surface area contributed by atoms with Gasteiger partial charge in [-0.1, -0.05) is 41.4 Å². The van der Waals surface area contributed by atoms with Crippen LogP contribution in [0.1, 0.15) is 0 Å². The molecule has 0 amide bonds. The van der Waals surface area contributed by atoms with Crippen LogP contribution in [0, 0.1) is 0 Å². The molecule has 0 unspecified atom stereocenters. The van der Waals surface area contributed by atoms with E-state index in [0.29, 0.717) is 37.9 Å². The van der Waals surface area contributed by atoms with Crippen LogP contribution in [0.3, 0.4) is 0 Å². The maximum atomic E-state index is 13.0. The SMILES string of the molecule is Cn1c(=O)c2c(-c3ccccc3Cl)n(-c3cc(Cl)ccc3O)cc2n(C)c1=O. The van der Waals surface area contributed by atoms with Gasteiger partial charge < -0.3 is 9.67 Å². The quantitative estimate of drug-likeness (QED) is 0.542. The Hall–Kier alpha value is -2.96. The number of phenolic OH excluding ortho intramolecular Hbond substituents is 1. The van der Waals surface area contributed by atoms with E-state index in [4.69, 9.17) is 23.2 Å². The van der Waals surface area contributed by atoms with E-state index >= 15 is 0 Å². The molecule has 0 atom stereocenters. The van der Waals surface area contributed by atoms with E-state index in [2.05, 4.69) is 0 Å². The molecular formula is C20H15Cl2N3O3. The van der Waals surface area contributed by atoms with E-state index in [9.17, 15) is 14.7 Å². The molecule has 142 valence electrons. The summed E-state index contributed by atoms with van der Waals surface area (Å²) in [4.78, 5) is 25.4. The highest BCUT2D eigenvalue weighted by molar-refractivity contribution is 6.33. The second-order valence-electron chi connectivity index (χ2n) is 6.43. The highest BCUT2D eigenvalue weighted by Gasteiger charge is 2.22. The maximum Gasteiger partial charge on any atom is 0.330 e. The molecule has 2 aromatic carbocycles. The Bertz CT molecular complexity index is 1370. The lowest BCUT2D eigenvalue weighted by Crippen LogP contribution is -2.36. The summed E-state index contributed by atoms with van der Waals surface area (Å²) >= 11 is 12.6. The Morgan fingerprint density at radius 3 is 2.39 bits per heavy atom. The number of hydrogen-bond donors (Lipinski definition) is 1. The van der Waals surface area contributed by atoms with Crippen LogP contribution in [0.4, 0.5) is 0 Å². The van der Waals surface area contributed by atoms with Gasteiger partial charge in [-0.05, 0) is 24.3 Å². The van der Waals surface area contributed by atoms with Gasteiger partial charge in [0.25, 0.3) is 5.56 Å². The van der Waals surface area contributed by atoms with E-state index < -0.39 is 11.2 Å². The Balaban J connectivity index is 2.28. The number of fused-ring (bicyclic) bond motifs is 1. The zero-order chi connectivity index (χ0) is 20.2. The van der Waals surface area contributed by atoms with Gasteiger partial charge in [-0.15, -0.1) is 0 Å². The van der Waals surface area contributed by atoms with Gasteiger partial charge in [-0.3, -0.25) is 13.9 Å². The molecular weight excluding hydrogens is 401 g/mol. The number of hydrogen-bond acceptors (Lipinski definition) is 3. The minimum atomic E-state index is -0.451. The van der Waals surface area contributed by atoms with E-state index in [1.54, 1.807) is 54.2 Å². The minimum absolute atomic E-state index is 0.0279. The average molecular weight is 416 g/mol. The van der Waals surface area contributed by atoms with Crippen LogP contribution in [0.25, 0.3) is 27.8 Å². The third-order valence-corrected chi connectivity index (χ3v) is 5.33. The monoisotopic (exact) mass is 415 g/mol. The Kier molecular flexibility index (Phi) is 4.33. The summed E-state index contributed by atoms with van der Waals surface area (Å²) in [5, 5.41) is 11.6. The van der Waals surface area contributed by atoms with Gasteiger partial charge in [0.2, 0.25) is 0 Å². The standard InChI is InChI=1S/C20H15Cl2N3O3/c1-23-15-10-25(14-9-11(21)7-8-16(14)26)18(12-5-3-4-6-13(12)22)17(15)19(27)24(2)20(23)28/h3-10,26H,1-2H3. The summed E-state index contributed by atoms with van der Waals surface area (Å²) in [5.41, 5.74) is 0.947.